The number of carbonyl (C=O) groups is 1. The van der Waals surface area contributed by atoms with E-state index in [1.54, 1.807) is 22.7 Å². The van der Waals surface area contributed by atoms with Gasteiger partial charge < -0.3 is 5.32 Å². The number of rotatable bonds is 3. The fraction of sp³-hybridized carbons (Fsp3) is 0.182. The van der Waals surface area contributed by atoms with Crippen molar-refractivity contribution in [2.24, 2.45) is 0 Å². The molecule has 0 spiro atoms. The summed E-state index contributed by atoms with van der Waals surface area (Å²) in [5.41, 5.74) is 3.24. The third kappa shape index (κ3) is 3.34. The van der Waals surface area contributed by atoms with Crippen molar-refractivity contribution >= 4 is 43.8 Å². The number of anilines is 1. The van der Waals surface area contributed by atoms with Crippen LogP contribution in [-0.4, -0.2) is 10.9 Å². The summed E-state index contributed by atoms with van der Waals surface area (Å²) in [6.45, 7) is 0. The van der Waals surface area contributed by atoms with Gasteiger partial charge in [0.2, 0.25) is 0 Å². The number of nitrogens with zero attached hydrogens (tertiary/aromatic N) is 1. The van der Waals surface area contributed by atoms with Crippen LogP contribution in [0.5, 0.6) is 0 Å². The molecule has 146 valence electrons. The number of para-hydroxylation sites is 1. The van der Waals surface area contributed by atoms with Crippen molar-refractivity contribution in [3.63, 3.8) is 0 Å². The average molecular weight is 427 g/mol. The minimum absolute atomic E-state index is 0.0884. The highest BCUT2D eigenvalue weighted by atomic mass is 32.1. The number of thiazole rings is 1. The molecule has 0 atom stereocenters. The zero-order chi connectivity index (χ0) is 20.0. The molecule has 2 aromatic carbocycles. The van der Waals surface area contributed by atoms with Crippen molar-refractivity contribution in [3.8, 4) is 10.6 Å². The van der Waals surface area contributed by atoms with E-state index in [0.717, 1.165) is 63.6 Å². The number of amides is 1. The maximum Gasteiger partial charge on any atom is 0.256 e. The quantitative estimate of drug-likeness (QED) is 0.410. The Morgan fingerprint density at radius 3 is 2.66 bits per heavy atom. The number of hydrogen-bond acceptors (Lipinski definition) is 4. The molecule has 1 aliphatic rings. The predicted molar refractivity (Wildman–Crippen MR) is 114 cm³/mol. The molecule has 2 heterocycles. The van der Waals surface area contributed by atoms with Crippen molar-refractivity contribution in [1.82, 2.24) is 4.98 Å². The van der Waals surface area contributed by atoms with Crippen molar-refractivity contribution in [1.29, 1.82) is 0 Å². The first-order chi connectivity index (χ1) is 14.1. The van der Waals surface area contributed by atoms with Crippen molar-refractivity contribution in [2.75, 3.05) is 5.32 Å². The van der Waals surface area contributed by atoms with Crippen LogP contribution in [0.15, 0.2) is 42.5 Å². The largest absolute Gasteiger partial charge is 0.313 e. The molecule has 0 fully saturated rings. The highest BCUT2D eigenvalue weighted by Crippen LogP contribution is 2.46. The molecule has 0 unspecified atom stereocenters. The van der Waals surface area contributed by atoms with Crippen molar-refractivity contribution < 1.29 is 13.6 Å². The third-order valence-corrected chi connectivity index (χ3v) is 7.35. The lowest BCUT2D eigenvalue weighted by molar-refractivity contribution is 0.102. The number of thiophene rings is 1. The van der Waals surface area contributed by atoms with E-state index in [-0.39, 0.29) is 5.56 Å². The number of hydrogen-bond donors (Lipinski definition) is 1. The molecule has 1 N–H and O–H groups in total. The van der Waals surface area contributed by atoms with Crippen LogP contribution >= 0.6 is 22.7 Å². The van der Waals surface area contributed by atoms with E-state index in [1.165, 1.54) is 16.5 Å². The van der Waals surface area contributed by atoms with Gasteiger partial charge in [-0.1, -0.05) is 12.1 Å². The Morgan fingerprint density at radius 2 is 1.83 bits per heavy atom. The highest BCUT2D eigenvalue weighted by molar-refractivity contribution is 7.23. The molecular weight excluding hydrogens is 410 g/mol. The lowest BCUT2D eigenvalue weighted by Gasteiger charge is -2.11. The lowest BCUT2D eigenvalue weighted by Crippen LogP contribution is -2.12. The van der Waals surface area contributed by atoms with Gasteiger partial charge in [-0.25, -0.2) is 13.8 Å². The van der Waals surface area contributed by atoms with Crippen LogP contribution in [0.2, 0.25) is 0 Å². The molecule has 1 aliphatic carbocycles. The Kier molecular flexibility index (Phi) is 4.64. The monoisotopic (exact) mass is 426 g/mol. The number of halogens is 2. The van der Waals surface area contributed by atoms with Crippen molar-refractivity contribution in [3.05, 3.63) is 70.1 Å². The molecule has 5 rings (SSSR count). The number of fused-ring (bicyclic) bond motifs is 2. The number of benzene rings is 2. The molecule has 0 saturated heterocycles. The van der Waals surface area contributed by atoms with Gasteiger partial charge in [0.1, 0.15) is 10.0 Å². The number of carbonyl (C=O) groups excluding carboxylic acids is 1. The predicted octanol–water partition coefficient (Wildman–Crippen LogP) is 6.43. The smallest absolute Gasteiger partial charge is 0.256 e. The van der Waals surface area contributed by atoms with E-state index >= 15 is 0 Å². The first kappa shape index (κ1) is 18.4. The van der Waals surface area contributed by atoms with Gasteiger partial charge >= 0.3 is 0 Å². The van der Waals surface area contributed by atoms with E-state index in [9.17, 15) is 13.6 Å². The van der Waals surface area contributed by atoms with E-state index in [4.69, 9.17) is 4.98 Å². The van der Waals surface area contributed by atoms with Crippen LogP contribution in [0, 0.1) is 11.6 Å². The van der Waals surface area contributed by atoms with Gasteiger partial charge in [-0.2, -0.15) is 0 Å². The fourth-order valence-corrected chi connectivity index (χ4v) is 6.07. The second-order valence-electron chi connectivity index (χ2n) is 6.98. The van der Waals surface area contributed by atoms with Gasteiger partial charge in [0.15, 0.2) is 11.6 Å². The summed E-state index contributed by atoms with van der Waals surface area (Å²) in [7, 11) is 0. The van der Waals surface area contributed by atoms with E-state index in [1.807, 2.05) is 24.3 Å². The molecule has 7 heteroatoms. The lowest BCUT2D eigenvalue weighted by atomic mass is 9.95. The zero-order valence-electron chi connectivity index (χ0n) is 15.3. The molecule has 1 amide bonds. The summed E-state index contributed by atoms with van der Waals surface area (Å²) in [5, 5.41) is 4.54. The minimum Gasteiger partial charge on any atom is -0.313 e. The molecule has 0 aliphatic heterocycles. The standard InChI is InChI=1S/C22H16F2N2OS2/c23-14-10-9-12(11-15(14)24)20(27)26-22-19(13-5-1-3-7-17(13)28-22)21-25-16-6-2-4-8-18(16)29-21/h2,4,6,8-11H,1,3,5,7H2,(H,26,27). The zero-order valence-corrected chi connectivity index (χ0v) is 16.9. The molecule has 3 nitrogen and oxygen atoms in total. The van der Waals surface area contributed by atoms with Gasteiger partial charge in [-0.05, 0) is 61.6 Å². The number of aromatic nitrogens is 1. The maximum absolute atomic E-state index is 13.6. The Morgan fingerprint density at radius 1 is 1.00 bits per heavy atom. The second kappa shape index (κ2) is 7.31. The van der Waals surface area contributed by atoms with Crippen LogP contribution in [-0.2, 0) is 12.8 Å². The molecule has 29 heavy (non-hydrogen) atoms. The minimum atomic E-state index is -1.03. The van der Waals surface area contributed by atoms with E-state index in [0.29, 0.717) is 0 Å². The highest BCUT2D eigenvalue weighted by Gasteiger charge is 2.25. The van der Waals surface area contributed by atoms with Crippen LogP contribution in [0.3, 0.4) is 0 Å². The summed E-state index contributed by atoms with van der Waals surface area (Å²) >= 11 is 3.17. The third-order valence-electron chi connectivity index (χ3n) is 5.09. The van der Waals surface area contributed by atoms with Gasteiger partial charge in [0.05, 0.1) is 10.2 Å². The SMILES string of the molecule is O=C(Nc1sc2c(c1-c1nc3ccccc3s1)CCCC2)c1ccc(F)c(F)c1. The first-order valence-corrected chi connectivity index (χ1v) is 11.0. The Bertz CT molecular complexity index is 1210. The Balaban J connectivity index is 1.58. The van der Waals surface area contributed by atoms with Gasteiger partial charge in [-0.3, -0.25) is 4.79 Å². The van der Waals surface area contributed by atoms with Crippen LogP contribution in [0.4, 0.5) is 13.8 Å². The summed E-state index contributed by atoms with van der Waals surface area (Å²) in [6, 6.07) is 11.1. The number of nitrogens with one attached hydrogen (secondary N) is 1. The van der Waals surface area contributed by atoms with Gasteiger partial charge in [0.25, 0.3) is 5.91 Å². The van der Waals surface area contributed by atoms with Crippen molar-refractivity contribution in [2.45, 2.75) is 25.7 Å². The normalized spacial score (nSPS) is 13.4. The second-order valence-corrected chi connectivity index (χ2v) is 9.12. The van der Waals surface area contributed by atoms with E-state index in [2.05, 4.69) is 5.32 Å². The molecule has 4 aromatic rings. The molecule has 0 bridgehead atoms. The number of aryl methyl sites for hydroxylation is 1. The fourth-order valence-electron chi connectivity index (χ4n) is 3.67. The first-order valence-electron chi connectivity index (χ1n) is 9.37. The summed E-state index contributed by atoms with van der Waals surface area (Å²) < 4.78 is 27.9. The van der Waals surface area contributed by atoms with E-state index < -0.39 is 17.5 Å². The summed E-state index contributed by atoms with van der Waals surface area (Å²) in [5.74, 6) is -2.46. The van der Waals surface area contributed by atoms with Gasteiger partial charge in [0, 0.05) is 16.0 Å². The average Bonchev–Trinajstić information content (AvgIpc) is 3.30. The van der Waals surface area contributed by atoms with Crippen LogP contribution < -0.4 is 5.32 Å². The topological polar surface area (TPSA) is 42.0 Å². The molecule has 2 aromatic heterocycles. The van der Waals surface area contributed by atoms with Crippen LogP contribution in [0.1, 0.15) is 33.6 Å². The van der Waals surface area contributed by atoms with Crippen LogP contribution in [0.25, 0.3) is 20.8 Å². The molecule has 0 radical (unpaired) electrons. The Hall–Kier alpha value is -2.64. The Labute approximate surface area is 174 Å². The summed E-state index contributed by atoms with van der Waals surface area (Å²) in [4.78, 5) is 18.8. The maximum atomic E-state index is 13.6. The molecule has 0 saturated carbocycles. The van der Waals surface area contributed by atoms with Gasteiger partial charge in [-0.15, -0.1) is 22.7 Å². The molecular formula is C22H16F2N2OS2. The summed E-state index contributed by atoms with van der Waals surface area (Å²) in [6.07, 6.45) is 4.18.